The van der Waals surface area contributed by atoms with Crippen molar-refractivity contribution in [2.24, 2.45) is 0 Å². The molecule has 1 nitrogen and oxygen atoms in total. The topological polar surface area (TPSA) is 12.0 Å². The minimum atomic E-state index is 0.617. The number of fused-ring (bicyclic) bond motifs is 1. The van der Waals surface area contributed by atoms with E-state index >= 15 is 0 Å². The van der Waals surface area contributed by atoms with Crippen LogP contribution in [0.5, 0.6) is 0 Å². The number of hydrogen-bond donors (Lipinski definition) is 1. The molecule has 1 N–H and O–H groups in total. The first-order valence-electron chi connectivity index (χ1n) is 6.71. The van der Waals surface area contributed by atoms with E-state index in [1.54, 1.807) is 11.1 Å². The van der Waals surface area contributed by atoms with Crippen molar-refractivity contribution < 1.29 is 0 Å². The molecule has 1 heterocycles. The third-order valence-electron chi connectivity index (χ3n) is 4.26. The van der Waals surface area contributed by atoms with Gasteiger partial charge < -0.3 is 5.32 Å². The van der Waals surface area contributed by atoms with Crippen LogP contribution in [0.1, 0.15) is 61.3 Å². The van der Waals surface area contributed by atoms with E-state index in [4.69, 9.17) is 0 Å². The molecule has 86 valence electrons. The van der Waals surface area contributed by atoms with Gasteiger partial charge in [0, 0.05) is 6.04 Å². The minimum absolute atomic E-state index is 0.617. The lowest BCUT2D eigenvalue weighted by Gasteiger charge is -2.24. The van der Waals surface area contributed by atoms with Gasteiger partial charge in [-0.1, -0.05) is 31.5 Å². The fourth-order valence-electron chi connectivity index (χ4n) is 3.18. The summed E-state index contributed by atoms with van der Waals surface area (Å²) < 4.78 is 0. The van der Waals surface area contributed by atoms with Crippen LogP contribution in [-0.4, -0.2) is 6.54 Å². The van der Waals surface area contributed by atoms with Crippen LogP contribution in [-0.2, 0) is 6.42 Å². The molecule has 0 aromatic heterocycles. The zero-order chi connectivity index (χ0) is 11.0. The van der Waals surface area contributed by atoms with Gasteiger partial charge in [0.1, 0.15) is 0 Å². The molecule has 2 atom stereocenters. The molecule has 0 spiro atoms. The molecule has 1 aliphatic carbocycles. The van der Waals surface area contributed by atoms with Gasteiger partial charge in [0.25, 0.3) is 0 Å². The Kier molecular flexibility index (Phi) is 2.72. The summed E-state index contributed by atoms with van der Waals surface area (Å²) in [7, 11) is 0. The van der Waals surface area contributed by atoms with E-state index in [2.05, 4.69) is 30.4 Å². The van der Waals surface area contributed by atoms with Crippen molar-refractivity contribution in [3.8, 4) is 0 Å². The highest BCUT2D eigenvalue weighted by Crippen LogP contribution is 2.35. The lowest BCUT2D eigenvalue weighted by molar-refractivity contribution is 0.412. The summed E-state index contributed by atoms with van der Waals surface area (Å²) in [6, 6.07) is 7.80. The summed E-state index contributed by atoms with van der Waals surface area (Å²) in [5.74, 6) is 0.776. The van der Waals surface area contributed by atoms with Crippen molar-refractivity contribution in [3.63, 3.8) is 0 Å². The van der Waals surface area contributed by atoms with Crippen molar-refractivity contribution in [1.82, 2.24) is 5.32 Å². The van der Waals surface area contributed by atoms with E-state index in [0.29, 0.717) is 6.04 Å². The largest absolute Gasteiger partial charge is 0.310 e. The highest BCUT2D eigenvalue weighted by Gasteiger charge is 2.21. The first-order chi connectivity index (χ1) is 7.84. The second-order valence-electron chi connectivity index (χ2n) is 5.40. The van der Waals surface area contributed by atoms with Crippen molar-refractivity contribution in [2.45, 2.75) is 51.0 Å². The maximum absolute atomic E-state index is 3.64. The first-order valence-corrected chi connectivity index (χ1v) is 6.71. The van der Waals surface area contributed by atoms with Crippen LogP contribution in [0.15, 0.2) is 18.2 Å². The molecular weight excluding hydrogens is 194 g/mol. The highest BCUT2D eigenvalue weighted by atomic mass is 14.9. The lowest BCUT2D eigenvalue weighted by Crippen LogP contribution is -2.26. The molecule has 2 aliphatic rings. The first kappa shape index (κ1) is 10.3. The maximum atomic E-state index is 3.64. The van der Waals surface area contributed by atoms with Crippen LogP contribution in [0.2, 0.25) is 0 Å². The van der Waals surface area contributed by atoms with Gasteiger partial charge in [0.2, 0.25) is 0 Å². The molecule has 0 amide bonds. The van der Waals surface area contributed by atoms with Gasteiger partial charge in [0.15, 0.2) is 0 Å². The highest BCUT2D eigenvalue weighted by molar-refractivity contribution is 5.39. The molecule has 0 saturated carbocycles. The van der Waals surface area contributed by atoms with Gasteiger partial charge in [-0.25, -0.2) is 0 Å². The average molecular weight is 215 g/mol. The van der Waals surface area contributed by atoms with Crippen LogP contribution in [0.25, 0.3) is 0 Å². The molecule has 1 fully saturated rings. The predicted octanol–water partition coefficient (Wildman–Crippen LogP) is 3.55. The fourth-order valence-corrected chi connectivity index (χ4v) is 3.18. The van der Waals surface area contributed by atoms with E-state index in [0.717, 1.165) is 5.92 Å². The molecule has 0 radical (unpaired) electrons. The summed E-state index contributed by atoms with van der Waals surface area (Å²) in [6.07, 6.45) is 6.67. The zero-order valence-electron chi connectivity index (χ0n) is 10.1. The van der Waals surface area contributed by atoms with Crippen molar-refractivity contribution >= 4 is 0 Å². The Balaban J connectivity index is 1.88. The molecular formula is C15H21N. The normalized spacial score (nSPS) is 29.1. The third kappa shape index (κ3) is 1.78. The SMILES string of the molecule is CC1CCc2ccc(C3CCCCN3)cc21. The van der Waals surface area contributed by atoms with Crippen LogP contribution in [0, 0.1) is 0 Å². The van der Waals surface area contributed by atoms with E-state index < -0.39 is 0 Å². The molecule has 0 bridgehead atoms. The van der Waals surface area contributed by atoms with Crippen molar-refractivity contribution in [2.75, 3.05) is 6.54 Å². The second kappa shape index (κ2) is 4.21. The summed E-state index contributed by atoms with van der Waals surface area (Å²) in [6.45, 7) is 3.56. The Hall–Kier alpha value is -0.820. The molecule has 1 saturated heterocycles. The Bertz CT molecular complexity index is 377. The van der Waals surface area contributed by atoms with Gasteiger partial charge in [-0.3, -0.25) is 0 Å². The van der Waals surface area contributed by atoms with Crippen molar-refractivity contribution in [1.29, 1.82) is 0 Å². The van der Waals surface area contributed by atoms with Gasteiger partial charge >= 0.3 is 0 Å². The molecule has 3 rings (SSSR count). The Morgan fingerprint density at radius 3 is 2.94 bits per heavy atom. The van der Waals surface area contributed by atoms with Crippen LogP contribution in [0.4, 0.5) is 0 Å². The summed E-state index contributed by atoms with van der Waals surface area (Å²) >= 11 is 0. The van der Waals surface area contributed by atoms with Gasteiger partial charge in [-0.05, 0) is 54.8 Å². The predicted molar refractivity (Wildman–Crippen MR) is 67.8 cm³/mol. The Morgan fingerprint density at radius 1 is 1.19 bits per heavy atom. The quantitative estimate of drug-likeness (QED) is 0.755. The number of benzene rings is 1. The minimum Gasteiger partial charge on any atom is -0.310 e. The molecule has 1 aromatic carbocycles. The molecule has 1 aliphatic heterocycles. The number of hydrogen-bond acceptors (Lipinski definition) is 1. The molecule has 1 heteroatoms. The van der Waals surface area contributed by atoms with Crippen LogP contribution >= 0.6 is 0 Å². The molecule has 16 heavy (non-hydrogen) atoms. The second-order valence-corrected chi connectivity index (χ2v) is 5.40. The number of aryl methyl sites for hydroxylation is 1. The maximum Gasteiger partial charge on any atom is 0.0320 e. The van der Waals surface area contributed by atoms with Crippen LogP contribution in [0.3, 0.4) is 0 Å². The third-order valence-corrected chi connectivity index (χ3v) is 4.26. The summed E-state index contributed by atoms with van der Waals surface area (Å²) in [5, 5.41) is 3.64. The van der Waals surface area contributed by atoms with E-state index in [1.807, 2.05) is 0 Å². The number of nitrogens with one attached hydrogen (secondary N) is 1. The monoisotopic (exact) mass is 215 g/mol. The van der Waals surface area contributed by atoms with Crippen LogP contribution < -0.4 is 5.32 Å². The summed E-state index contributed by atoms with van der Waals surface area (Å²) in [5.41, 5.74) is 4.73. The summed E-state index contributed by atoms with van der Waals surface area (Å²) in [4.78, 5) is 0. The number of rotatable bonds is 1. The van der Waals surface area contributed by atoms with Gasteiger partial charge in [-0.15, -0.1) is 0 Å². The Morgan fingerprint density at radius 2 is 2.12 bits per heavy atom. The van der Waals surface area contributed by atoms with Crippen molar-refractivity contribution in [3.05, 3.63) is 34.9 Å². The number of piperidine rings is 1. The Labute approximate surface area is 98.3 Å². The zero-order valence-corrected chi connectivity index (χ0v) is 10.1. The van der Waals surface area contributed by atoms with Gasteiger partial charge in [-0.2, -0.15) is 0 Å². The van der Waals surface area contributed by atoms with Gasteiger partial charge in [0.05, 0.1) is 0 Å². The van der Waals surface area contributed by atoms with E-state index in [1.165, 1.54) is 44.2 Å². The average Bonchev–Trinajstić information content (AvgIpc) is 2.72. The molecule has 2 unspecified atom stereocenters. The lowest BCUT2D eigenvalue weighted by atomic mass is 9.93. The fraction of sp³-hybridized carbons (Fsp3) is 0.600. The van der Waals surface area contributed by atoms with E-state index in [-0.39, 0.29) is 0 Å². The molecule has 1 aromatic rings. The standard InChI is InChI=1S/C15H21N/c1-11-5-6-12-7-8-13(10-14(11)12)15-4-2-3-9-16-15/h7-8,10-11,15-16H,2-6,9H2,1H3. The van der Waals surface area contributed by atoms with E-state index in [9.17, 15) is 0 Å². The smallest absolute Gasteiger partial charge is 0.0320 e.